The highest BCUT2D eigenvalue weighted by molar-refractivity contribution is 5.96. The number of amidine groups is 1. The van der Waals surface area contributed by atoms with E-state index in [4.69, 9.17) is 30.5 Å². The first-order valence-electron chi connectivity index (χ1n) is 11.2. The molecule has 3 rings (SSSR count). The summed E-state index contributed by atoms with van der Waals surface area (Å²) >= 11 is 0. The highest BCUT2D eigenvalue weighted by Gasteiger charge is 2.38. The highest BCUT2D eigenvalue weighted by Crippen LogP contribution is 2.33. The number of anilines is 1. The number of nitrogen functional groups attached to an aromatic ring is 1. The van der Waals surface area contributed by atoms with E-state index >= 15 is 4.39 Å². The van der Waals surface area contributed by atoms with Crippen LogP contribution in [0.15, 0.2) is 60.9 Å². The Morgan fingerprint density at radius 1 is 1.00 bits per heavy atom. The van der Waals surface area contributed by atoms with Gasteiger partial charge in [0.15, 0.2) is 11.5 Å². The number of alkyl halides is 3. The summed E-state index contributed by atoms with van der Waals surface area (Å²) in [6, 6.07) is 10.6. The summed E-state index contributed by atoms with van der Waals surface area (Å²) in [7, 11) is 2.75. The van der Waals surface area contributed by atoms with Crippen LogP contribution >= 0.6 is 0 Å². The topological polar surface area (TPSA) is 189 Å². The molecule has 0 saturated heterocycles. The van der Waals surface area contributed by atoms with E-state index in [0.29, 0.717) is 11.3 Å². The van der Waals surface area contributed by atoms with E-state index in [-0.39, 0.29) is 28.5 Å². The number of hydrazine groups is 1. The van der Waals surface area contributed by atoms with Crippen molar-refractivity contribution in [3.05, 3.63) is 83.4 Å². The van der Waals surface area contributed by atoms with Gasteiger partial charge in [0.25, 0.3) is 11.8 Å². The minimum absolute atomic E-state index is 0.0542. The molecule has 1 heterocycles. The lowest BCUT2D eigenvalue weighted by molar-refractivity contribution is -0.192. The van der Waals surface area contributed by atoms with E-state index in [1.807, 2.05) is 0 Å². The predicted molar refractivity (Wildman–Crippen MR) is 137 cm³/mol. The lowest BCUT2D eigenvalue weighted by Crippen LogP contribution is -2.45. The molecule has 1 atom stereocenters. The van der Waals surface area contributed by atoms with Gasteiger partial charge in [-0.1, -0.05) is 0 Å². The van der Waals surface area contributed by atoms with E-state index in [9.17, 15) is 22.8 Å². The number of nitrogens with zero attached hydrogens (tertiary/aromatic N) is 1. The van der Waals surface area contributed by atoms with Crippen LogP contribution in [0.2, 0.25) is 0 Å². The first-order valence-corrected chi connectivity index (χ1v) is 11.2. The number of aromatic nitrogens is 1. The number of carboxylic acids is 1. The van der Waals surface area contributed by atoms with Crippen molar-refractivity contribution in [3.63, 3.8) is 0 Å². The zero-order valence-electron chi connectivity index (χ0n) is 21.4. The van der Waals surface area contributed by atoms with Crippen LogP contribution < -0.4 is 31.4 Å². The summed E-state index contributed by atoms with van der Waals surface area (Å²) in [5.41, 5.74) is 11.2. The Bertz CT molecular complexity index is 1390. The molecule has 0 radical (unpaired) electrons. The summed E-state index contributed by atoms with van der Waals surface area (Å²) in [5.74, 6) is -4.59. The Kier molecular flexibility index (Phi) is 10.9. The van der Waals surface area contributed by atoms with Gasteiger partial charge in [-0.05, 0) is 42.5 Å². The number of carbonyl (C=O) groups is 3. The maximum Gasteiger partial charge on any atom is 0.490 e. The monoisotopic (exact) mass is 580 g/mol. The number of rotatable bonds is 8. The standard InChI is InChI=1S/C23H23FN6O4.C2HF3O2/c1-33-18-10-16(17(24)11-19(18)34-2)20(28-15-7-5-13(6-8-15)21(25)26)23(32)30-29-22(31)14-4-3-9-27-12-14;3-2(4,5)1(6)7/h3-12,20,28H,1-2H3,(H3,25,26)(H,29,31)(H,30,32);(H,6,7). The summed E-state index contributed by atoms with van der Waals surface area (Å²) in [5, 5.41) is 17.6. The molecule has 1 unspecified atom stereocenters. The van der Waals surface area contributed by atoms with Gasteiger partial charge in [-0.2, -0.15) is 13.2 Å². The average molecular weight is 580 g/mol. The third-order valence-corrected chi connectivity index (χ3v) is 5.05. The molecule has 7 N–H and O–H groups in total. The van der Waals surface area contributed by atoms with Crippen molar-refractivity contribution in [2.45, 2.75) is 12.2 Å². The molecular formula is C25H24F4N6O6. The van der Waals surface area contributed by atoms with E-state index in [0.717, 1.165) is 6.07 Å². The molecule has 41 heavy (non-hydrogen) atoms. The van der Waals surface area contributed by atoms with Crippen LogP contribution in [0.5, 0.6) is 11.5 Å². The first-order chi connectivity index (χ1) is 19.3. The number of benzene rings is 2. The number of nitrogens with one attached hydrogen (secondary N) is 4. The summed E-state index contributed by atoms with van der Waals surface area (Å²) in [4.78, 5) is 38.1. The third-order valence-electron chi connectivity index (χ3n) is 5.05. The maximum atomic E-state index is 15.0. The van der Waals surface area contributed by atoms with Crippen LogP contribution in [-0.2, 0) is 9.59 Å². The quantitative estimate of drug-likeness (QED) is 0.101. The zero-order valence-corrected chi connectivity index (χ0v) is 21.4. The number of pyridine rings is 1. The predicted octanol–water partition coefficient (Wildman–Crippen LogP) is 2.77. The second kappa shape index (κ2) is 14.1. The minimum Gasteiger partial charge on any atom is -0.493 e. The van der Waals surface area contributed by atoms with Gasteiger partial charge in [0.1, 0.15) is 17.7 Å². The number of hydrogen-bond donors (Lipinski definition) is 6. The van der Waals surface area contributed by atoms with Crippen LogP contribution in [0.1, 0.15) is 27.5 Å². The van der Waals surface area contributed by atoms with Gasteiger partial charge in [0, 0.05) is 35.3 Å². The van der Waals surface area contributed by atoms with E-state index in [2.05, 4.69) is 21.2 Å². The summed E-state index contributed by atoms with van der Waals surface area (Å²) in [6.07, 6.45) is -2.24. The van der Waals surface area contributed by atoms with Gasteiger partial charge in [-0.3, -0.25) is 30.8 Å². The molecule has 2 aromatic carbocycles. The molecule has 218 valence electrons. The second-order valence-electron chi connectivity index (χ2n) is 7.79. The number of ether oxygens (including phenoxy) is 2. The third kappa shape index (κ3) is 9.09. The molecule has 16 heteroatoms. The number of amides is 2. The van der Waals surface area contributed by atoms with Crippen LogP contribution in [0.4, 0.5) is 23.2 Å². The summed E-state index contributed by atoms with van der Waals surface area (Å²) in [6.45, 7) is 0. The number of methoxy groups -OCH3 is 2. The molecule has 0 aliphatic carbocycles. The number of aliphatic carboxylic acids is 1. The molecule has 1 aromatic heterocycles. The molecule has 0 fully saturated rings. The van der Waals surface area contributed by atoms with Crippen LogP contribution in [0.25, 0.3) is 0 Å². The normalized spacial score (nSPS) is 11.2. The molecule has 3 aromatic rings. The Labute approximate surface area is 230 Å². The highest BCUT2D eigenvalue weighted by atomic mass is 19.4. The van der Waals surface area contributed by atoms with Gasteiger partial charge in [0.05, 0.1) is 19.8 Å². The van der Waals surface area contributed by atoms with Crippen LogP contribution in [0.3, 0.4) is 0 Å². The second-order valence-corrected chi connectivity index (χ2v) is 7.79. The molecule has 0 bridgehead atoms. The fourth-order valence-corrected chi connectivity index (χ4v) is 3.05. The van der Waals surface area contributed by atoms with Crippen molar-refractivity contribution in [3.8, 4) is 11.5 Å². The van der Waals surface area contributed by atoms with E-state index < -0.39 is 35.8 Å². The number of halogens is 4. The van der Waals surface area contributed by atoms with Crippen LogP contribution in [-0.4, -0.2) is 54.1 Å². The van der Waals surface area contributed by atoms with E-state index in [1.165, 1.54) is 38.7 Å². The van der Waals surface area contributed by atoms with Gasteiger partial charge in [0.2, 0.25) is 0 Å². The van der Waals surface area contributed by atoms with E-state index in [1.54, 1.807) is 30.3 Å². The molecule has 0 aliphatic rings. The van der Waals surface area contributed by atoms with Crippen molar-refractivity contribution in [1.82, 2.24) is 15.8 Å². The fraction of sp³-hybridized carbons (Fsp3) is 0.160. The first kappa shape index (κ1) is 31.8. The average Bonchev–Trinajstić information content (AvgIpc) is 2.95. The molecule has 0 saturated carbocycles. The van der Waals surface area contributed by atoms with Crippen molar-refractivity contribution < 1.29 is 46.5 Å². The zero-order chi connectivity index (χ0) is 30.7. The molecular weight excluding hydrogens is 556 g/mol. The Morgan fingerprint density at radius 2 is 1.59 bits per heavy atom. The lowest BCUT2D eigenvalue weighted by atomic mass is 10.0. The molecule has 12 nitrogen and oxygen atoms in total. The maximum absolute atomic E-state index is 15.0. The number of carbonyl (C=O) groups excluding carboxylic acids is 2. The Hall–Kier alpha value is -5.41. The number of hydrogen-bond acceptors (Lipinski definition) is 8. The van der Waals surface area contributed by atoms with Gasteiger partial charge in [-0.25, -0.2) is 9.18 Å². The smallest absolute Gasteiger partial charge is 0.490 e. The van der Waals surface area contributed by atoms with Crippen molar-refractivity contribution in [1.29, 1.82) is 5.41 Å². The van der Waals surface area contributed by atoms with Gasteiger partial charge in [-0.15, -0.1) is 0 Å². The van der Waals surface area contributed by atoms with Crippen molar-refractivity contribution >= 4 is 29.3 Å². The number of carboxylic acid groups (broad SMARTS) is 1. The summed E-state index contributed by atoms with van der Waals surface area (Å²) < 4.78 is 57.1. The molecule has 0 aliphatic heterocycles. The Balaban J connectivity index is 0.000000745. The lowest BCUT2D eigenvalue weighted by Gasteiger charge is -2.22. The van der Waals surface area contributed by atoms with Crippen LogP contribution in [0, 0.1) is 11.2 Å². The van der Waals surface area contributed by atoms with Crippen molar-refractivity contribution in [2.75, 3.05) is 19.5 Å². The van der Waals surface area contributed by atoms with Gasteiger partial charge >= 0.3 is 12.1 Å². The molecule has 0 spiro atoms. The molecule has 2 amide bonds. The Morgan fingerprint density at radius 3 is 2.07 bits per heavy atom. The largest absolute Gasteiger partial charge is 0.493 e. The van der Waals surface area contributed by atoms with Gasteiger partial charge < -0.3 is 25.6 Å². The minimum atomic E-state index is -5.08. The SMILES string of the molecule is COc1cc(F)c(C(Nc2ccc(C(=N)N)cc2)C(=O)NNC(=O)c2cccnc2)cc1OC.O=C(O)C(F)(F)F. The number of nitrogens with two attached hydrogens (primary N) is 1. The fourth-order valence-electron chi connectivity index (χ4n) is 3.05. The van der Waals surface area contributed by atoms with Crippen molar-refractivity contribution in [2.24, 2.45) is 5.73 Å².